The van der Waals surface area contributed by atoms with Gasteiger partial charge in [-0.1, -0.05) is 42.5 Å². The number of ether oxygens (including phenoxy) is 2. The molecule has 0 aromatic heterocycles. The van der Waals surface area contributed by atoms with Crippen LogP contribution in [0.2, 0.25) is 0 Å². The van der Waals surface area contributed by atoms with Crippen LogP contribution in [0.3, 0.4) is 0 Å². The fourth-order valence-electron chi connectivity index (χ4n) is 3.05. The summed E-state index contributed by atoms with van der Waals surface area (Å²) in [6, 6.07) is 24.6. The fourth-order valence-corrected chi connectivity index (χ4v) is 3.05. The first-order chi connectivity index (χ1) is 15.0. The number of carbonyl (C=O) groups is 2. The van der Waals surface area contributed by atoms with E-state index in [2.05, 4.69) is 0 Å². The van der Waals surface area contributed by atoms with Gasteiger partial charge in [0.2, 0.25) is 0 Å². The Hall–Kier alpha value is -3.60. The largest absolute Gasteiger partial charge is 0.489 e. The van der Waals surface area contributed by atoms with E-state index in [1.54, 1.807) is 29.2 Å². The summed E-state index contributed by atoms with van der Waals surface area (Å²) in [4.78, 5) is 25.7. The number of carbonyl (C=O) groups excluding carboxylic acids is 2. The van der Waals surface area contributed by atoms with Gasteiger partial charge in [-0.3, -0.25) is 9.59 Å². The van der Waals surface area contributed by atoms with Crippen molar-refractivity contribution in [2.75, 3.05) is 13.2 Å². The molecule has 0 radical (unpaired) electrons. The van der Waals surface area contributed by atoms with Crippen LogP contribution in [-0.2, 0) is 17.9 Å². The van der Waals surface area contributed by atoms with Crippen LogP contribution in [0.4, 0.5) is 0 Å². The number of nitrogens with zero attached hydrogens (tertiary/aromatic N) is 1. The van der Waals surface area contributed by atoms with Gasteiger partial charge in [-0.25, -0.2) is 0 Å². The minimum atomic E-state index is -0.0949. The third-order valence-electron chi connectivity index (χ3n) is 4.90. The van der Waals surface area contributed by atoms with Gasteiger partial charge in [-0.15, -0.1) is 0 Å². The second-order valence-electron chi connectivity index (χ2n) is 7.20. The van der Waals surface area contributed by atoms with E-state index in [0.29, 0.717) is 31.0 Å². The molecule has 0 saturated heterocycles. The van der Waals surface area contributed by atoms with E-state index in [-0.39, 0.29) is 18.3 Å². The van der Waals surface area contributed by atoms with Crippen LogP contribution in [0.1, 0.15) is 35.3 Å². The van der Waals surface area contributed by atoms with Gasteiger partial charge in [0.15, 0.2) is 12.4 Å². The maximum Gasteiger partial charge on any atom is 0.260 e. The predicted octanol–water partition coefficient (Wildman–Crippen LogP) is 4.90. The Morgan fingerprint density at radius 2 is 1.39 bits per heavy atom. The molecule has 0 bridgehead atoms. The first kappa shape index (κ1) is 22.1. The summed E-state index contributed by atoms with van der Waals surface area (Å²) in [7, 11) is 0. The first-order valence-electron chi connectivity index (χ1n) is 10.3. The maximum atomic E-state index is 12.6. The highest BCUT2D eigenvalue weighted by atomic mass is 16.5. The van der Waals surface area contributed by atoms with Gasteiger partial charge >= 0.3 is 0 Å². The van der Waals surface area contributed by atoms with E-state index in [1.807, 2.05) is 61.5 Å². The Bertz CT molecular complexity index is 982. The van der Waals surface area contributed by atoms with Gasteiger partial charge in [0.05, 0.1) is 0 Å². The Morgan fingerprint density at radius 3 is 2.00 bits per heavy atom. The molecule has 0 aliphatic carbocycles. The van der Waals surface area contributed by atoms with E-state index in [1.165, 1.54) is 6.92 Å². The zero-order chi connectivity index (χ0) is 22.1. The summed E-state index contributed by atoms with van der Waals surface area (Å²) in [5.74, 6) is 1.26. The molecule has 5 heteroatoms. The van der Waals surface area contributed by atoms with Crippen molar-refractivity contribution in [2.24, 2.45) is 0 Å². The molecule has 160 valence electrons. The topological polar surface area (TPSA) is 55.8 Å². The minimum absolute atomic E-state index is 0.00345. The van der Waals surface area contributed by atoms with Gasteiger partial charge in [-0.2, -0.15) is 0 Å². The van der Waals surface area contributed by atoms with Crippen LogP contribution in [0.25, 0.3) is 0 Å². The number of ketones is 1. The molecule has 3 rings (SSSR count). The molecular formula is C26H27NO4. The highest BCUT2D eigenvalue weighted by Gasteiger charge is 2.13. The lowest BCUT2D eigenvalue weighted by molar-refractivity contribution is -0.133. The van der Waals surface area contributed by atoms with Crippen molar-refractivity contribution in [1.82, 2.24) is 4.90 Å². The van der Waals surface area contributed by atoms with Crippen LogP contribution in [0.15, 0.2) is 78.9 Å². The maximum absolute atomic E-state index is 12.6. The van der Waals surface area contributed by atoms with Crippen molar-refractivity contribution >= 4 is 11.7 Å². The molecule has 0 N–H and O–H groups in total. The molecule has 0 unspecified atom stereocenters. The van der Waals surface area contributed by atoms with Crippen LogP contribution in [0, 0.1) is 0 Å². The third kappa shape index (κ3) is 6.71. The van der Waals surface area contributed by atoms with E-state index in [0.717, 1.165) is 16.9 Å². The molecule has 1 amide bonds. The molecule has 0 heterocycles. The zero-order valence-electron chi connectivity index (χ0n) is 17.9. The molecule has 0 aliphatic rings. The smallest absolute Gasteiger partial charge is 0.260 e. The molecule has 0 fully saturated rings. The second-order valence-corrected chi connectivity index (χ2v) is 7.20. The van der Waals surface area contributed by atoms with Gasteiger partial charge < -0.3 is 14.4 Å². The van der Waals surface area contributed by atoms with Crippen molar-refractivity contribution in [1.29, 1.82) is 0 Å². The minimum Gasteiger partial charge on any atom is -0.489 e. The summed E-state index contributed by atoms with van der Waals surface area (Å²) >= 11 is 0. The molecule has 0 saturated carbocycles. The Balaban J connectivity index is 1.50. The SMILES string of the molecule is CCN(Cc1ccc(OCc2ccccc2)cc1)C(=O)COc1ccc(C(C)=O)cc1. The number of hydrogen-bond acceptors (Lipinski definition) is 4. The number of benzene rings is 3. The molecule has 0 spiro atoms. The zero-order valence-corrected chi connectivity index (χ0v) is 17.9. The monoisotopic (exact) mass is 417 g/mol. The molecule has 0 atom stereocenters. The average molecular weight is 418 g/mol. The van der Waals surface area contributed by atoms with Crippen molar-refractivity contribution in [3.05, 3.63) is 95.6 Å². The quantitative estimate of drug-likeness (QED) is 0.441. The van der Waals surface area contributed by atoms with Gasteiger partial charge in [0.25, 0.3) is 5.91 Å². The average Bonchev–Trinajstić information content (AvgIpc) is 2.81. The standard InChI is InChI=1S/C26H27NO4/c1-3-27(26(29)19-31-25-15-11-23(12-16-25)20(2)28)17-21-9-13-24(14-10-21)30-18-22-7-5-4-6-8-22/h4-16H,3,17-19H2,1-2H3. The van der Waals surface area contributed by atoms with Gasteiger partial charge in [-0.05, 0) is 61.4 Å². The third-order valence-corrected chi connectivity index (χ3v) is 4.90. The van der Waals surface area contributed by atoms with E-state index >= 15 is 0 Å². The van der Waals surface area contributed by atoms with Crippen LogP contribution in [-0.4, -0.2) is 29.7 Å². The van der Waals surface area contributed by atoms with Crippen molar-refractivity contribution in [2.45, 2.75) is 27.0 Å². The van der Waals surface area contributed by atoms with E-state index in [4.69, 9.17) is 9.47 Å². The molecule has 3 aromatic carbocycles. The normalized spacial score (nSPS) is 10.4. The molecule has 5 nitrogen and oxygen atoms in total. The number of amides is 1. The number of rotatable bonds is 10. The van der Waals surface area contributed by atoms with Crippen molar-refractivity contribution < 1.29 is 19.1 Å². The highest BCUT2D eigenvalue weighted by Crippen LogP contribution is 2.16. The van der Waals surface area contributed by atoms with Crippen molar-refractivity contribution in [3.63, 3.8) is 0 Å². The van der Waals surface area contributed by atoms with E-state index in [9.17, 15) is 9.59 Å². The lowest BCUT2D eigenvalue weighted by Crippen LogP contribution is -2.34. The fraction of sp³-hybridized carbons (Fsp3) is 0.231. The van der Waals surface area contributed by atoms with Crippen LogP contribution in [0.5, 0.6) is 11.5 Å². The Labute approximate surface area is 183 Å². The van der Waals surface area contributed by atoms with Gasteiger partial charge in [0, 0.05) is 18.7 Å². The lowest BCUT2D eigenvalue weighted by atomic mass is 10.1. The summed E-state index contributed by atoms with van der Waals surface area (Å²) in [5.41, 5.74) is 2.75. The first-order valence-corrected chi connectivity index (χ1v) is 10.3. The predicted molar refractivity (Wildman–Crippen MR) is 120 cm³/mol. The lowest BCUT2D eigenvalue weighted by Gasteiger charge is -2.21. The number of likely N-dealkylation sites (N-methyl/N-ethyl adjacent to an activating group) is 1. The van der Waals surface area contributed by atoms with Crippen molar-refractivity contribution in [3.8, 4) is 11.5 Å². The molecule has 31 heavy (non-hydrogen) atoms. The highest BCUT2D eigenvalue weighted by molar-refractivity contribution is 5.94. The number of hydrogen-bond donors (Lipinski definition) is 0. The van der Waals surface area contributed by atoms with Gasteiger partial charge in [0.1, 0.15) is 18.1 Å². The van der Waals surface area contributed by atoms with Crippen LogP contribution < -0.4 is 9.47 Å². The Kier molecular flexibility index (Phi) is 7.82. The summed E-state index contributed by atoms with van der Waals surface area (Å²) in [6.45, 7) is 5.01. The summed E-state index contributed by atoms with van der Waals surface area (Å²) in [5, 5.41) is 0. The molecule has 0 aliphatic heterocycles. The summed E-state index contributed by atoms with van der Waals surface area (Å²) in [6.07, 6.45) is 0. The molecular weight excluding hydrogens is 390 g/mol. The molecule has 3 aromatic rings. The second kappa shape index (κ2) is 11.0. The number of Topliss-reactive ketones (excluding diaryl/α,β-unsaturated/α-hetero) is 1. The Morgan fingerprint density at radius 1 is 0.774 bits per heavy atom. The summed E-state index contributed by atoms with van der Waals surface area (Å²) < 4.78 is 11.4. The van der Waals surface area contributed by atoms with Crippen LogP contribution >= 0.6 is 0 Å². The van der Waals surface area contributed by atoms with E-state index < -0.39 is 0 Å².